The number of rotatable bonds is 2. The number of fused-ring (bicyclic) bond motifs is 8. The van der Waals surface area contributed by atoms with Crippen molar-refractivity contribution in [1.29, 1.82) is 0 Å². The summed E-state index contributed by atoms with van der Waals surface area (Å²) in [7, 11) is 0. The molecule has 0 spiro atoms. The van der Waals surface area contributed by atoms with E-state index in [9.17, 15) is 0 Å². The van der Waals surface area contributed by atoms with E-state index in [0.717, 1.165) is 0 Å². The first-order chi connectivity index (χ1) is 28.7. The molecule has 58 heavy (non-hydrogen) atoms. The first-order valence-electron chi connectivity index (χ1n) is 20.6. The monoisotopic (exact) mass is 726 g/mol. The maximum atomic E-state index is 2.53. The van der Waals surface area contributed by atoms with Crippen molar-refractivity contribution in [1.82, 2.24) is 0 Å². The van der Waals surface area contributed by atoms with E-state index in [4.69, 9.17) is 0 Å². The molecular weight excluding hydrogens is 694 g/mol. The second-order valence-corrected chi connectivity index (χ2v) is 16.8. The first kappa shape index (κ1) is 31.0. The number of hydrogen-bond acceptors (Lipinski definition) is 0. The second kappa shape index (κ2) is 11.2. The molecule has 0 nitrogen and oxygen atoms in total. The summed E-state index contributed by atoms with van der Waals surface area (Å²) in [5.41, 5.74) is 13.7. The van der Waals surface area contributed by atoms with Crippen molar-refractivity contribution in [3.63, 3.8) is 0 Å². The minimum atomic E-state index is 0.102. The number of hydrogen-bond donors (Lipinski definition) is 0. The van der Waals surface area contributed by atoms with Crippen LogP contribution in [0.25, 0.3) is 97.7 Å². The smallest absolute Gasteiger partial charge is 0.0680 e. The van der Waals surface area contributed by atoms with Crippen LogP contribution in [0.4, 0.5) is 0 Å². The van der Waals surface area contributed by atoms with Gasteiger partial charge in [0.1, 0.15) is 0 Å². The second-order valence-electron chi connectivity index (χ2n) is 16.8. The minimum Gasteiger partial charge on any atom is -0.0680 e. The largest absolute Gasteiger partial charge is 0.242 e. The highest BCUT2D eigenvalue weighted by molar-refractivity contribution is 7.00. The molecule has 0 N–H and O–H groups in total. The van der Waals surface area contributed by atoms with Crippen LogP contribution in [0.3, 0.4) is 0 Å². The van der Waals surface area contributed by atoms with Crippen LogP contribution in [-0.4, -0.2) is 13.4 Å². The standard InChI is InChI=1S/C56H32B2/c1-3-11-35-25-43(21-17-33(35)9-1)57-49-23-19-41-30-48-46-28-38-14-6-8-16-40(38)32-52(46)58(44-22-18-34-10-2-4-12-36(34)26-44)50-24-20-42-29-47(55(49)53(41)54(42)56(48)50)45-27-37-13-5-7-15-39(37)31-51(45)57/h1-32H. The lowest BCUT2D eigenvalue weighted by atomic mass is 9.33. The molecule has 0 aromatic heterocycles. The van der Waals surface area contributed by atoms with Crippen LogP contribution in [0.2, 0.25) is 0 Å². The Labute approximate surface area is 336 Å². The lowest BCUT2D eigenvalue weighted by Gasteiger charge is -2.32. The van der Waals surface area contributed by atoms with Gasteiger partial charge in [0.2, 0.25) is 13.4 Å². The minimum absolute atomic E-state index is 0.102. The van der Waals surface area contributed by atoms with Gasteiger partial charge in [-0.25, -0.2) is 0 Å². The van der Waals surface area contributed by atoms with E-state index in [-0.39, 0.29) is 13.4 Å². The molecule has 2 aliphatic heterocycles. The molecule has 0 saturated heterocycles. The zero-order valence-corrected chi connectivity index (χ0v) is 31.6. The summed E-state index contributed by atoms with van der Waals surface area (Å²) in [5, 5.41) is 18.5. The van der Waals surface area contributed by atoms with Crippen LogP contribution in [0.5, 0.6) is 0 Å². The molecule has 0 atom stereocenters. The summed E-state index contributed by atoms with van der Waals surface area (Å²) >= 11 is 0. The molecule has 12 aromatic carbocycles. The van der Waals surface area contributed by atoms with Crippen molar-refractivity contribution in [3.8, 4) is 22.3 Å². The fourth-order valence-corrected chi connectivity index (χ4v) is 11.3. The predicted molar refractivity (Wildman–Crippen MR) is 253 cm³/mol. The van der Waals surface area contributed by atoms with Gasteiger partial charge in [0, 0.05) is 0 Å². The van der Waals surface area contributed by atoms with Crippen molar-refractivity contribution in [3.05, 3.63) is 194 Å². The Morgan fingerprint density at radius 1 is 0.207 bits per heavy atom. The van der Waals surface area contributed by atoms with Crippen molar-refractivity contribution < 1.29 is 0 Å². The predicted octanol–water partition coefficient (Wildman–Crippen LogP) is 10.2. The van der Waals surface area contributed by atoms with Crippen LogP contribution >= 0.6 is 0 Å². The fraction of sp³-hybridized carbons (Fsp3) is 0. The van der Waals surface area contributed by atoms with Crippen LogP contribution in [0.1, 0.15) is 0 Å². The Morgan fingerprint density at radius 3 is 0.948 bits per heavy atom. The van der Waals surface area contributed by atoms with Gasteiger partial charge in [-0.3, -0.25) is 0 Å². The molecule has 2 aliphatic rings. The maximum Gasteiger partial charge on any atom is 0.242 e. The average Bonchev–Trinajstić information content (AvgIpc) is 3.28. The Morgan fingerprint density at radius 2 is 0.534 bits per heavy atom. The highest BCUT2D eigenvalue weighted by Gasteiger charge is 2.37. The molecule has 0 amide bonds. The third kappa shape index (κ3) is 4.12. The van der Waals surface area contributed by atoms with Gasteiger partial charge < -0.3 is 0 Å². The molecule has 0 aliphatic carbocycles. The molecule has 0 bridgehead atoms. The van der Waals surface area contributed by atoms with Gasteiger partial charge in [0.15, 0.2) is 0 Å². The summed E-state index contributed by atoms with van der Waals surface area (Å²) < 4.78 is 0. The lowest BCUT2D eigenvalue weighted by molar-refractivity contribution is 1.69. The van der Waals surface area contributed by atoms with Crippen molar-refractivity contribution in [2.75, 3.05) is 0 Å². The van der Waals surface area contributed by atoms with E-state index in [2.05, 4.69) is 194 Å². The van der Waals surface area contributed by atoms with Crippen molar-refractivity contribution in [2.45, 2.75) is 0 Å². The molecular formula is C56H32B2. The van der Waals surface area contributed by atoms with Crippen LogP contribution in [0, 0.1) is 0 Å². The van der Waals surface area contributed by atoms with Gasteiger partial charge in [-0.15, -0.1) is 0 Å². The summed E-state index contributed by atoms with van der Waals surface area (Å²) in [5.74, 6) is 0. The highest BCUT2D eigenvalue weighted by Crippen LogP contribution is 2.45. The van der Waals surface area contributed by atoms with Gasteiger partial charge in [-0.05, 0) is 122 Å². The SMILES string of the molecule is c1ccc2cc(B3c4cc5ccccc5cc4-c4cc5ccc6c7c(cc8ccc3c4c8c57)-c3cc4ccccc4cc3B6c3ccc4ccccc4c3)ccc2c1. The molecule has 2 heteroatoms. The number of benzene rings is 12. The van der Waals surface area contributed by atoms with E-state index in [1.54, 1.807) is 0 Å². The Balaban J connectivity index is 1.12. The van der Waals surface area contributed by atoms with Crippen LogP contribution in [0.15, 0.2) is 194 Å². The van der Waals surface area contributed by atoms with Crippen molar-refractivity contribution in [2.24, 2.45) is 0 Å². The molecule has 14 rings (SSSR count). The summed E-state index contributed by atoms with van der Waals surface area (Å²) in [6.07, 6.45) is 0. The van der Waals surface area contributed by atoms with Gasteiger partial charge in [-0.1, -0.05) is 203 Å². The average molecular weight is 726 g/mol. The summed E-state index contributed by atoms with van der Waals surface area (Å²) in [6.45, 7) is 0.205. The molecule has 0 fully saturated rings. The van der Waals surface area contributed by atoms with E-state index in [1.165, 1.54) is 130 Å². The van der Waals surface area contributed by atoms with E-state index < -0.39 is 0 Å². The first-order valence-corrected chi connectivity index (χ1v) is 20.6. The van der Waals surface area contributed by atoms with Gasteiger partial charge in [-0.2, -0.15) is 0 Å². The normalized spacial score (nSPS) is 13.1. The molecule has 0 saturated carbocycles. The zero-order valence-electron chi connectivity index (χ0n) is 31.6. The van der Waals surface area contributed by atoms with E-state index >= 15 is 0 Å². The molecule has 12 aromatic rings. The fourth-order valence-electron chi connectivity index (χ4n) is 11.3. The third-order valence-corrected chi connectivity index (χ3v) is 13.8. The van der Waals surface area contributed by atoms with Crippen LogP contribution in [-0.2, 0) is 0 Å². The topological polar surface area (TPSA) is 0 Å². The van der Waals surface area contributed by atoms with Crippen LogP contribution < -0.4 is 32.8 Å². The quantitative estimate of drug-likeness (QED) is 0.123. The molecule has 0 radical (unpaired) electrons. The lowest BCUT2D eigenvalue weighted by Crippen LogP contribution is -2.55. The Kier molecular flexibility index (Phi) is 6.01. The molecule has 0 unspecified atom stereocenters. The third-order valence-electron chi connectivity index (χ3n) is 13.8. The molecule has 262 valence electrons. The van der Waals surface area contributed by atoms with E-state index in [1.807, 2.05) is 0 Å². The van der Waals surface area contributed by atoms with E-state index in [0.29, 0.717) is 0 Å². The van der Waals surface area contributed by atoms with Gasteiger partial charge >= 0.3 is 0 Å². The molecule has 2 heterocycles. The Hall–Kier alpha value is -7.15. The van der Waals surface area contributed by atoms with Crippen molar-refractivity contribution >= 4 is 122 Å². The zero-order chi connectivity index (χ0) is 37.6. The van der Waals surface area contributed by atoms with Gasteiger partial charge in [0.05, 0.1) is 0 Å². The highest BCUT2D eigenvalue weighted by atomic mass is 14.3. The maximum absolute atomic E-state index is 2.53. The van der Waals surface area contributed by atoms with Gasteiger partial charge in [0.25, 0.3) is 0 Å². The summed E-state index contributed by atoms with van der Waals surface area (Å²) in [6, 6.07) is 74.3. The summed E-state index contributed by atoms with van der Waals surface area (Å²) in [4.78, 5) is 0. The Bertz CT molecular complexity index is 3520.